The fourth-order valence-corrected chi connectivity index (χ4v) is 1.73. The molecule has 0 amide bonds. The van der Waals surface area contributed by atoms with Crippen LogP contribution in [0.15, 0.2) is 0 Å². The van der Waals surface area contributed by atoms with Crippen molar-refractivity contribution in [1.29, 1.82) is 0 Å². The molecule has 1 aliphatic rings. The van der Waals surface area contributed by atoms with Crippen molar-refractivity contribution in [2.24, 2.45) is 0 Å². The summed E-state index contributed by atoms with van der Waals surface area (Å²) < 4.78 is 21.4. The molecule has 5 heteroatoms. The Morgan fingerprint density at radius 3 is 3.00 bits per heavy atom. The quantitative estimate of drug-likeness (QED) is 0.685. The molecule has 0 bridgehead atoms. The molecule has 1 fully saturated rings. The summed E-state index contributed by atoms with van der Waals surface area (Å²) in [5.41, 5.74) is 0. The first-order chi connectivity index (χ1) is 6.63. The number of rotatable bonds is 5. The lowest BCUT2D eigenvalue weighted by Gasteiger charge is -2.16. The third-order valence-corrected chi connectivity index (χ3v) is 2.85. The molecule has 82 valence electrons. The van der Waals surface area contributed by atoms with Gasteiger partial charge in [0.2, 0.25) is 0 Å². The topological polar surface area (TPSA) is 55.8 Å². The molecule has 1 rings (SSSR count). The van der Waals surface area contributed by atoms with Gasteiger partial charge in [-0.3, -0.25) is 4.21 Å². The van der Waals surface area contributed by atoms with E-state index in [9.17, 15) is 4.21 Å². The van der Waals surface area contributed by atoms with Crippen molar-refractivity contribution >= 4 is 10.8 Å². The molecular formula is C9H16O4S. The van der Waals surface area contributed by atoms with Gasteiger partial charge in [0.25, 0.3) is 0 Å². The van der Waals surface area contributed by atoms with Gasteiger partial charge in [0.05, 0.1) is 25.4 Å². The van der Waals surface area contributed by atoms with E-state index in [2.05, 4.69) is 0 Å². The largest absolute Gasteiger partial charge is 0.394 e. The maximum absolute atomic E-state index is 10.8. The Morgan fingerprint density at radius 1 is 1.71 bits per heavy atom. The molecule has 4 nitrogen and oxygen atoms in total. The smallest absolute Gasteiger partial charge is 0.107 e. The van der Waals surface area contributed by atoms with E-state index in [0.29, 0.717) is 18.8 Å². The molecule has 0 saturated carbocycles. The predicted molar refractivity (Wildman–Crippen MR) is 53.3 cm³/mol. The Hall–Kier alpha value is 0.0300. The van der Waals surface area contributed by atoms with Crippen molar-refractivity contribution in [2.75, 3.05) is 25.2 Å². The van der Waals surface area contributed by atoms with Crippen molar-refractivity contribution < 1.29 is 18.8 Å². The first-order valence-electron chi connectivity index (χ1n) is 4.57. The van der Waals surface area contributed by atoms with Crippen LogP contribution in [0.3, 0.4) is 0 Å². The second-order valence-electron chi connectivity index (χ2n) is 3.32. The van der Waals surface area contributed by atoms with Crippen molar-refractivity contribution in [3.05, 3.63) is 6.92 Å². The lowest BCUT2D eigenvalue weighted by atomic mass is 10.1. The Morgan fingerprint density at radius 2 is 2.43 bits per heavy atom. The van der Waals surface area contributed by atoms with Crippen molar-refractivity contribution in [3.63, 3.8) is 0 Å². The fourth-order valence-electron chi connectivity index (χ4n) is 1.40. The van der Waals surface area contributed by atoms with E-state index >= 15 is 0 Å². The van der Waals surface area contributed by atoms with Gasteiger partial charge in [-0.25, -0.2) is 0 Å². The summed E-state index contributed by atoms with van der Waals surface area (Å²) in [4.78, 5) is 0. The summed E-state index contributed by atoms with van der Waals surface area (Å²) in [6, 6.07) is 0. The van der Waals surface area contributed by atoms with E-state index in [0.717, 1.165) is 0 Å². The van der Waals surface area contributed by atoms with E-state index in [1.54, 1.807) is 6.26 Å². The normalized spacial score (nSPS) is 34.6. The number of aliphatic hydroxyl groups is 1. The minimum absolute atomic E-state index is 0.0897. The zero-order valence-corrected chi connectivity index (χ0v) is 9.03. The zero-order chi connectivity index (χ0) is 10.6. The van der Waals surface area contributed by atoms with Gasteiger partial charge < -0.3 is 14.6 Å². The van der Waals surface area contributed by atoms with Gasteiger partial charge in [0.15, 0.2) is 0 Å². The third-order valence-electron chi connectivity index (χ3n) is 2.11. The van der Waals surface area contributed by atoms with Crippen LogP contribution in [-0.4, -0.2) is 52.8 Å². The maximum atomic E-state index is 10.8. The Balaban J connectivity index is 2.25. The average Bonchev–Trinajstić information content (AvgIpc) is 2.45. The van der Waals surface area contributed by atoms with Crippen molar-refractivity contribution in [3.8, 4) is 0 Å². The highest BCUT2D eigenvalue weighted by Crippen LogP contribution is 2.22. The SMILES string of the molecule is [CH]C1C[C@@H](OCCS(C)=O)[C@@H](CO)O1. The molecule has 0 aromatic heterocycles. The molecule has 0 aliphatic carbocycles. The number of aliphatic hydroxyl groups excluding tert-OH is 1. The van der Waals surface area contributed by atoms with Crippen molar-refractivity contribution in [2.45, 2.75) is 24.7 Å². The molecule has 2 radical (unpaired) electrons. The molecule has 4 atom stereocenters. The molecule has 14 heavy (non-hydrogen) atoms. The van der Waals surface area contributed by atoms with E-state index in [1.165, 1.54) is 0 Å². The second kappa shape index (κ2) is 5.80. The van der Waals surface area contributed by atoms with Crippen LogP contribution in [0.25, 0.3) is 0 Å². The molecule has 1 N–H and O–H groups in total. The van der Waals surface area contributed by atoms with Gasteiger partial charge in [0, 0.05) is 29.2 Å². The lowest BCUT2D eigenvalue weighted by Crippen LogP contribution is -2.29. The van der Waals surface area contributed by atoms with Gasteiger partial charge in [0.1, 0.15) is 6.10 Å². The minimum Gasteiger partial charge on any atom is -0.394 e. The minimum atomic E-state index is -0.847. The summed E-state index contributed by atoms with van der Waals surface area (Å²) in [5, 5.41) is 8.94. The van der Waals surface area contributed by atoms with E-state index < -0.39 is 10.8 Å². The average molecular weight is 220 g/mol. The van der Waals surface area contributed by atoms with Crippen LogP contribution in [-0.2, 0) is 20.3 Å². The molecule has 1 saturated heterocycles. The molecule has 0 aromatic carbocycles. The van der Waals surface area contributed by atoms with Gasteiger partial charge in [-0.05, 0) is 6.92 Å². The highest BCUT2D eigenvalue weighted by atomic mass is 32.2. The third kappa shape index (κ3) is 3.65. The van der Waals surface area contributed by atoms with Crippen LogP contribution in [0, 0.1) is 6.92 Å². The molecule has 0 spiro atoms. The molecule has 1 heterocycles. The predicted octanol–water partition coefficient (Wildman–Crippen LogP) is -0.389. The Bertz CT molecular complexity index is 197. The van der Waals surface area contributed by atoms with Gasteiger partial charge in [-0.1, -0.05) is 0 Å². The summed E-state index contributed by atoms with van der Waals surface area (Å²) >= 11 is 0. The maximum Gasteiger partial charge on any atom is 0.107 e. The van der Waals surface area contributed by atoms with E-state index in [4.69, 9.17) is 21.5 Å². The summed E-state index contributed by atoms with van der Waals surface area (Å²) in [5.74, 6) is 0.504. The Labute approximate surface area is 87.0 Å². The van der Waals surface area contributed by atoms with Crippen LogP contribution >= 0.6 is 0 Å². The highest BCUT2D eigenvalue weighted by Gasteiger charge is 2.33. The molecule has 1 aliphatic heterocycles. The summed E-state index contributed by atoms with van der Waals surface area (Å²) in [6.45, 7) is 5.88. The Kier molecular flexibility index (Phi) is 5.01. The van der Waals surface area contributed by atoms with Gasteiger partial charge in [-0.15, -0.1) is 0 Å². The zero-order valence-electron chi connectivity index (χ0n) is 8.22. The summed E-state index contributed by atoms with van der Waals surface area (Å²) in [7, 11) is -0.847. The molecular weight excluding hydrogens is 204 g/mol. The second-order valence-corrected chi connectivity index (χ2v) is 4.87. The first kappa shape index (κ1) is 12.1. The fraction of sp³-hybridized carbons (Fsp3) is 0.889. The standard InChI is InChI=1S/C9H16O4S/c1-7-5-8(9(6-10)13-7)12-3-4-14(2)11/h1,7-10H,3-6H2,2H3/t7?,8-,9-,14?/m1/s1. The monoisotopic (exact) mass is 220 g/mol. The molecule has 2 unspecified atom stereocenters. The van der Waals surface area contributed by atoms with Gasteiger partial charge in [-0.2, -0.15) is 0 Å². The van der Waals surface area contributed by atoms with E-state index in [1.807, 2.05) is 0 Å². The first-order valence-corrected chi connectivity index (χ1v) is 6.29. The number of hydrogen-bond acceptors (Lipinski definition) is 4. The number of hydrogen-bond donors (Lipinski definition) is 1. The van der Waals surface area contributed by atoms with Gasteiger partial charge >= 0.3 is 0 Å². The van der Waals surface area contributed by atoms with Crippen LogP contribution in [0.2, 0.25) is 0 Å². The number of ether oxygens (including phenoxy) is 2. The highest BCUT2D eigenvalue weighted by molar-refractivity contribution is 7.84. The van der Waals surface area contributed by atoms with Crippen LogP contribution in [0.4, 0.5) is 0 Å². The molecule has 0 aromatic rings. The van der Waals surface area contributed by atoms with Crippen LogP contribution < -0.4 is 0 Å². The van der Waals surface area contributed by atoms with Crippen LogP contribution in [0.1, 0.15) is 6.42 Å². The van der Waals surface area contributed by atoms with Crippen LogP contribution in [0.5, 0.6) is 0 Å². The van der Waals surface area contributed by atoms with E-state index in [-0.39, 0.29) is 24.9 Å². The van der Waals surface area contributed by atoms with Crippen molar-refractivity contribution in [1.82, 2.24) is 0 Å². The lowest BCUT2D eigenvalue weighted by molar-refractivity contribution is -0.0373. The summed E-state index contributed by atoms with van der Waals surface area (Å²) in [6.07, 6.45) is 1.35.